The molecule has 2 aromatic rings. The van der Waals surface area contributed by atoms with Gasteiger partial charge in [-0.2, -0.15) is 5.10 Å². The van der Waals surface area contributed by atoms with Crippen LogP contribution in [0.1, 0.15) is 5.56 Å². The van der Waals surface area contributed by atoms with Gasteiger partial charge in [0.2, 0.25) is 0 Å². The zero-order chi connectivity index (χ0) is 11.5. The van der Waals surface area contributed by atoms with Crippen molar-refractivity contribution in [2.24, 2.45) is 5.73 Å². The summed E-state index contributed by atoms with van der Waals surface area (Å²) in [6, 6.07) is 6.91. The molecule has 0 radical (unpaired) electrons. The average molecular weight is 238 g/mol. The van der Waals surface area contributed by atoms with Gasteiger partial charge in [0.05, 0.1) is 6.20 Å². The molecule has 0 spiro atoms. The summed E-state index contributed by atoms with van der Waals surface area (Å²) in [7, 11) is 0. The van der Waals surface area contributed by atoms with Crippen LogP contribution in [0, 0.1) is 0 Å². The summed E-state index contributed by atoms with van der Waals surface area (Å²) >= 11 is 6.14. The minimum Gasteiger partial charge on any atom is -0.506 e. The van der Waals surface area contributed by atoms with E-state index >= 15 is 0 Å². The van der Waals surface area contributed by atoms with Crippen LogP contribution in [0.4, 0.5) is 0 Å². The van der Waals surface area contributed by atoms with Crippen molar-refractivity contribution in [2.75, 3.05) is 6.54 Å². The number of hydrogen-bond donors (Lipinski definition) is 2. The normalized spacial score (nSPS) is 10.6. The number of hydrogen-bond acceptors (Lipinski definition) is 3. The number of para-hydroxylation sites is 2. The Hall–Kier alpha value is -1.52. The number of rotatable bonds is 3. The molecule has 0 saturated carbocycles. The first-order chi connectivity index (χ1) is 7.74. The maximum Gasteiger partial charge on any atom is 0.141 e. The Kier molecular flexibility index (Phi) is 3.12. The quantitative estimate of drug-likeness (QED) is 0.855. The van der Waals surface area contributed by atoms with Crippen molar-refractivity contribution >= 4 is 11.6 Å². The van der Waals surface area contributed by atoms with E-state index in [1.165, 1.54) is 4.68 Å². The van der Waals surface area contributed by atoms with Crippen LogP contribution in [-0.4, -0.2) is 21.4 Å². The molecule has 1 aromatic heterocycles. The van der Waals surface area contributed by atoms with Crippen LogP contribution in [-0.2, 0) is 6.42 Å². The lowest BCUT2D eigenvalue weighted by Crippen LogP contribution is -2.03. The lowest BCUT2D eigenvalue weighted by Gasteiger charge is -2.05. The van der Waals surface area contributed by atoms with E-state index in [0.717, 1.165) is 5.56 Å². The van der Waals surface area contributed by atoms with Crippen LogP contribution in [0.3, 0.4) is 0 Å². The summed E-state index contributed by atoms with van der Waals surface area (Å²) in [5, 5.41) is 14.3. The monoisotopic (exact) mass is 237 g/mol. The summed E-state index contributed by atoms with van der Waals surface area (Å²) in [4.78, 5) is 0. The van der Waals surface area contributed by atoms with Gasteiger partial charge in [-0.3, -0.25) is 0 Å². The zero-order valence-corrected chi connectivity index (χ0v) is 9.35. The van der Waals surface area contributed by atoms with Gasteiger partial charge in [0.1, 0.15) is 16.6 Å². The third kappa shape index (κ3) is 1.89. The van der Waals surface area contributed by atoms with E-state index in [9.17, 15) is 5.11 Å². The summed E-state index contributed by atoms with van der Waals surface area (Å²) in [5.74, 6) is 0.145. The zero-order valence-electron chi connectivity index (χ0n) is 8.60. The molecule has 0 fully saturated rings. The smallest absolute Gasteiger partial charge is 0.141 e. The van der Waals surface area contributed by atoms with Crippen molar-refractivity contribution in [3.8, 4) is 11.4 Å². The maximum atomic E-state index is 9.68. The first-order valence-electron chi connectivity index (χ1n) is 4.95. The third-order valence-electron chi connectivity index (χ3n) is 2.30. The SMILES string of the molecule is NCCc1cnn(-c2ccccc2O)c1Cl. The average Bonchev–Trinajstić information content (AvgIpc) is 2.62. The second kappa shape index (κ2) is 4.55. The Morgan fingerprint density at radius 3 is 2.81 bits per heavy atom. The fraction of sp³-hybridized carbons (Fsp3) is 0.182. The van der Waals surface area contributed by atoms with Crippen molar-refractivity contribution in [1.82, 2.24) is 9.78 Å². The van der Waals surface area contributed by atoms with E-state index in [1.54, 1.807) is 24.4 Å². The predicted octanol–water partition coefficient (Wildman–Crippen LogP) is 1.73. The molecule has 0 amide bonds. The minimum atomic E-state index is 0.145. The van der Waals surface area contributed by atoms with Crippen molar-refractivity contribution in [3.63, 3.8) is 0 Å². The van der Waals surface area contributed by atoms with E-state index in [1.807, 2.05) is 6.07 Å². The highest BCUT2D eigenvalue weighted by Crippen LogP contribution is 2.26. The number of benzene rings is 1. The van der Waals surface area contributed by atoms with Gasteiger partial charge in [-0.25, -0.2) is 4.68 Å². The molecule has 4 nitrogen and oxygen atoms in total. The Labute approximate surface area is 98.3 Å². The van der Waals surface area contributed by atoms with Crippen LogP contribution < -0.4 is 5.73 Å². The molecule has 0 bridgehead atoms. The molecule has 84 valence electrons. The van der Waals surface area contributed by atoms with Gasteiger partial charge in [-0.1, -0.05) is 23.7 Å². The van der Waals surface area contributed by atoms with E-state index in [-0.39, 0.29) is 5.75 Å². The second-order valence-electron chi connectivity index (χ2n) is 3.40. The van der Waals surface area contributed by atoms with Crippen molar-refractivity contribution in [3.05, 3.63) is 41.2 Å². The van der Waals surface area contributed by atoms with E-state index in [0.29, 0.717) is 23.8 Å². The molecule has 0 saturated heterocycles. The van der Waals surface area contributed by atoms with Gasteiger partial charge in [-0.05, 0) is 25.1 Å². The van der Waals surface area contributed by atoms with Crippen LogP contribution in [0.5, 0.6) is 5.75 Å². The Bertz CT molecular complexity index is 496. The Morgan fingerprint density at radius 2 is 2.12 bits per heavy atom. The summed E-state index contributed by atoms with van der Waals surface area (Å²) in [5.41, 5.74) is 6.91. The topological polar surface area (TPSA) is 64.1 Å². The van der Waals surface area contributed by atoms with Crippen molar-refractivity contribution < 1.29 is 5.11 Å². The highest BCUT2D eigenvalue weighted by Gasteiger charge is 2.11. The van der Waals surface area contributed by atoms with E-state index in [2.05, 4.69) is 5.10 Å². The van der Waals surface area contributed by atoms with Crippen molar-refractivity contribution in [1.29, 1.82) is 0 Å². The van der Waals surface area contributed by atoms with Crippen LogP contribution in [0.15, 0.2) is 30.5 Å². The molecule has 16 heavy (non-hydrogen) atoms. The molecule has 0 aliphatic rings. The maximum absolute atomic E-state index is 9.68. The summed E-state index contributed by atoms with van der Waals surface area (Å²) < 4.78 is 1.50. The fourth-order valence-electron chi connectivity index (χ4n) is 1.50. The van der Waals surface area contributed by atoms with Crippen LogP contribution in [0.2, 0.25) is 5.15 Å². The number of phenols is 1. The lowest BCUT2D eigenvalue weighted by atomic mass is 10.2. The van der Waals surface area contributed by atoms with Gasteiger partial charge < -0.3 is 10.8 Å². The van der Waals surface area contributed by atoms with Crippen LogP contribution in [0.25, 0.3) is 5.69 Å². The first kappa shape index (κ1) is 11.0. The number of phenolic OH excluding ortho intramolecular Hbond substituents is 1. The van der Waals surface area contributed by atoms with Gasteiger partial charge in [0.25, 0.3) is 0 Å². The molecule has 0 aliphatic heterocycles. The minimum absolute atomic E-state index is 0.145. The molecule has 5 heteroatoms. The van der Waals surface area contributed by atoms with E-state index < -0.39 is 0 Å². The van der Waals surface area contributed by atoms with Gasteiger partial charge in [0.15, 0.2) is 0 Å². The fourth-order valence-corrected chi connectivity index (χ4v) is 1.78. The number of nitrogens with two attached hydrogens (primary N) is 1. The molecule has 3 N–H and O–H groups in total. The summed E-state index contributed by atoms with van der Waals surface area (Å²) in [6.07, 6.45) is 2.34. The number of aromatic hydroxyl groups is 1. The van der Waals surface area contributed by atoms with Gasteiger partial charge in [0, 0.05) is 5.56 Å². The third-order valence-corrected chi connectivity index (χ3v) is 2.71. The predicted molar refractivity (Wildman–Crippen MR) is 63.0 cm³/mol. The van der Waals surface area contributed by atoms with E-state index in [4.69, 9.17) is 17.3 Å². The molecule has 2 rings (SSSR count). The molecule has 0 unspecified atom stereocenters. The molecular formula is C11H12ClN3O. The molecular weight excluding hydrogens is 226 g/mol. The van der Waals surface area contributed by atoms with Crippen molar-refractivity contribution in [2.45, 2.75) is 6.42 Å². The number of aromatic nitrogens is 2. The highest BCUT2D eigenvalue weighted by molar-refractivity contribution is 6.30. The Balaban J connectivity index is 2.45. The number of halogens is 1. The standard InChI is InChI=1S/C11H12ClN3O/c12-11-8(5-6-13)7-14-15(11)9-3-1-2-4-10(9)16/h1-4,7,16H,5-6,13H2. The van der Waals surface area contributed by atoms with Gasteiger partial charge in [-0.15, -0.1) is 0 Å². The molecule has 0 aliphatic carbocycles. The second-order valence-corrected chi connectivity index (χ2v) is 3.76. The molecule has 1 heterocycles. The van der Waals surface area contributed by atoms with Crippen LogP contribution >= 0.6 is 11.6 Å². The largest absolute Gasteiger partial charge is 0.506 e. The Morgan fingerprint density at radius 1 is 1.38 bits per heavy atom. The molecule has 1 aromatic carbocycles. The molecule has 0 atom stereocenters. The first-order valence-corrected chi connectivity index (χ1v) is 5.32. The number of nitrogens with zero attached hydrogens (tertiary/aromatic N) is 2. The highest BCUT2D eigenvalue weighted by atomic mass is 35.5. The van der Waals surface area contributed by atoms with Gasteiger partial charge >= 0.3 is 0 Å². The lowest BCUT2D eigenvalue weighted by molar-refractivity contribution is 0.470. The summed E-state index contributed by atoms with van der Waals surface area (Å²) in [6.45, 7) is 0.520.